The molecule has 14 heavy (non-hydrogen) atoms. The van der Waals surface area contributed by atoms with Gasteiger partial charge in [0.2, 0.25) is 0 Å². The molecule has 0 aliphatic heterocycles. The lowest BCUT2D eigenvalue weighted by molar-refractivity contribution is 0.0675. The molecular formula is C12H20O2. The van der Waals surface area contributed by atoms with Crippen LogP contribution in [0.1, 0.15) is 32.1 Å². The molecule has 0 aromatic carbocycles. The third-order valence-corrected chi connectivity index (χ3v) is 2.46. The summed E-state index contributed by atoms with van der Waals surface area (Å²) in [5.74, 6) is 0.695. The van der Waals surface area contributed by atoms with E-state index in [1.165, 1.54) is 25.7 Å². The van der Waals surface area contributed by atoms with Gasteiger partial charge < -0.3 is 9.47 Å². The first-order valence-corrected chi connectivity index (χ1v) is 5.33. The van der Waals surface area contributed by atoms with Crippen molar-refractivity contribution < 1.29 is 9.47 Å². The summed E-state index contributed by atoms with van der Waals surface area (Å²) in [6, 6.07) is 0. The molecule has 1 rings (SSSR count). The lowest BCUT2D eigenvalue weighted by atomic mass is 10.0. The molecule has 1 aliphatic carbocycles. The fraction of sp³-hybridized carbons (Fsp3) is 0.667. The zero-order valence-corrected chi connectivity index (χ0v) is 9.00. The normalized spacial score (nSPS) is 22.5. The monoisotopic (exact) mass is 196 g/mol. The first kappa shape index (κ1) is 11.3. The first-order valence-electron chi connectivity index (χ1n) is 5.33. The largest absolute Gasteiger partial charge is 0.499 e. The van der Waals surface area contributed by atoms with Crippen LogP contribution in [0.3, 0.4) is 0 Å². The Balaban J connectivity index is 2.26. The maximum absolute atomic E-state index is 5.66. The molecule has 0 saturated heterocycles. The van der Waals surface area contributed by atoms with Crippen LogP contribution in [0.25, 0.3) is 0 Å². The van der Waals surface area contributed by atoms with Crippen molar-refractivity contribution in [3.8, 4) is 0 Å². The number of allylic oxidation sites excluding steroid dienone is 1. The van der Waals surface area contributed by atoms with Crippen LogP contribution in [0.5, 0.6) is 0 Å². The minimum atomic E-state index is 0.252. The molecule has 1 atom stereocenters. The van der Waals surface area contributed by atoms with Gasteiger partial charge >= 0.3 is 0 Å². The molecule has 0 unspecified atom stereocenters. The fourth-order valence-corrected chi connectivity index (χ4v) is 1.53. The van der Waals surface area contributed by atoms with Gasteiger partial charge in [-0.15, -0.1) is 0 Å². The van der Waals surface area contributed by atoms with Crippen molar-refractivity contribution in [2.24, 2.45) is 0 Å². The van der Waals surface area contributed by atoms with Gasteiger partial charge in [-0.25, -0.2) is 0 Å². The second kappa shape index (κ2) is 6.66. The van der Waals surface area contributed by atoms with Gasteiger partial charge in [0.05, 0.1) is 13.2 Å². The van der Waals surface area contributed by atoms with Gasteiger partial charge in [-0.1, -0.05) is 31.6 Å². The van der Waals surface area contributed by atoms with Crippen molar-refractivity contribution in [1.82, 2.24) is 0 Å². The van der Waals surface area contributed by atoms with Gasteiger partial charge in [0.25, 0.3) is 0 Å². The highest BCUT2D eigenvalue weighted by molar-refractivity contribution is 4.92. The Bertz CT molecular complexity index is 196. The molecule has 0 radical (unpaired) electrons. The smallest absolute Gasteiger partial charge is 0.114 e. The number of rotatable bonds is 4. The van der Waals surface area contributed by atoms with E-state index in [2.05, 4.69) is 18.7 Å². The van der Waals surface area contributed by atoms with E-state index in [9.17, 15) is 0 Å². The van der Waals surface area contributed by atoms with E-state index in [1.807, 2.05) is 0 Å². The average Bonchev–Trinajstić information content (AvgIpc) is 2.15. The summed E-state index contributed by atoms with van der Waals surface area (Å²) < 4.78 is 10.6. The Kier molecular flexibility index (Phi) is 5.38. The predicted molar refractivity (Wildman–Crippen MR) is 58.1 cm³/mol. The van der Waals surface area contributed by atoms with Crippen molar-refractivity contribution in [2.75, 3.05) is 13.7 Å². The van der Waals surface area contributed by atoms with Crippen molar-refractivity contribution in [3.05, 3.63) is 24.5 Å². The Hall–Kier alpha value is -0.760. The molecule has 80 valence electrons. The molecule has 0 saturated carbocycles. The van der Waals surface area contributed by atoms with Crippen LogP contribution in [0.15, 0.2) is 24.5 Å². The third-order valence-electron chi connectivity index (χ3n) is 2.46. The molecule has 0 spiro atoms. The van der Waals surface area contributed by atoms with Crippen LogP contribution in [0, 0.1) is 0 Å². The molecule has 0 bridgehead atoms. The van der Waals surface area contributed by atoms with Crippen LogP contribution in [0.2, 0.25) is 0 Å². The molecule has 0 amide bonds. The molecule has 0 fully saturated rings. The summed E-state index contributed by atoms with van der Waals surface area (Å²) in [5, 5.41) is 0. The molecule has 0 aromatic heterocycles. The van der Waals surface area contributed by atoms with Crippen LogP contribution >= 0.6 is 0 Å². The first-order chi connectivity index (χ1) is 6.83. The van der Waals surface area contributed by atoms with Gasteiger partial charge in [0.1, 0.15) is 12.4 Å². The minimum Gasteiger partial charge on any atom is -0.499 e. The molecule has 0 N–H and O–H groups in total. The van der Waals surface area contributed by atoms with Crippen molar-refractivity contribution in [2.45, 2.75) is 38.2 Å². The van der Waals surface area contributed by atoms with E-state index >= 15 is 0 Å². The SMILES string of the molecule is C=C(CO[C@@H]1C=CCCCCC1)OC. The summed E-state index contributed by atoms with van der Waals surface area (Å²) in [4.78, 5) is 0. The Morgan fingerprint density at radius 1 is 1.43 bits per heavy atom. The van der Waals surface area contributed by atoms with Crippen molar-refractivity contribution in [3.63, 3.8) is 0 Å². The van der Waals surface area contributed by atoms with Crippen LogP contribution in [0.4, 0.5) is 0 Å². The van der Waals surface area contributed by atoms with Crippen molar-refractivity contribution >= 4 is 0 Å². The summed E-state index contributed by atoms with van der Waals surface area (Å²) in [7, 11) is 1.62. The number of hydrogen-bond donors (Lipinski definition) is 0. The Labute approximate surface area is 86.6 Å². The minimum absolute atomic E-state index is 0.252. The highest BCUT2D eigenvalue weighted by atomic mass is 16.5. The molecule has 2 heteroatoms. The maximum atomic E-state index is 5.66. The van der Waals surface area contributed by atoms with E-state index in [0.717, 1.165) is 6.42 Å². The summed E-state index contributed by atoms with van der Waals surface area (Å²) in [5.41, 5.74) is 0. The van der Waals surface area contributed by atoms with E-state index < -0.39 is 0 Å². The van der Waals surface area contributed by atoms with E-state index in [-0.39, 0.29) is 6.10 Å². The number of ether oxygens (including phenoxy) is 2. The van der Waals surface area contributed by atoms with E-state index in [1.54, 1.807) is 7.11 Å². The summed E-state index contributed by atoms with van der Waals surface area (Å²) in [6.45, 7) is 4.23. The molecule has 0 heterocycles. The maximum Gasteiger partial charge on any atom is 0.114 e. The quantitative estimate of drug-likeness (QED) is 0.508. The van der Waals surface area contributed by atoms with Gasteiger partial charge in [0, 0.05) is 0 Å². The van der Waals surface area contributed by atoms with Crippen LogP contribution < -0.4 is 0 Å². The topological polar surface area (TPSA) is 18.5 Å². The molecule has 2 nitrogen and oxygen atoms in total. The fourth-order valence-electron chi connectivity index (χ4n) is 1.53. The lowest BCUT2D eigenvalue weighted by Gasteiger charge is -2.16. The number of hydrogen-bond acceptors (Lipinski definition) is 2. The Morgan fingerprint density at radius 3 is 3.07 bits per heavy atom. The Morgan fingerprint density at radius 2 is 2.29 bits per heavy atom. The highest BCUT2D eigenvalue weighted by Gasteiger charge is 2.07. The lowest BCUT2D eigenvalue weighted by Crippen LogP contribution is -2.13. The van der Waals surface area contributed by atoms with Gasteiger partial charge in [0.15, 0.2) is 0 Å². The van der Waals surface area contributed by atoms with E-state index in [0.29, 0.717) is 12.4 Å². The van der Waals surface area contributed by atoms with Crippen molar-refractivity contribution in [1.29, 1.82) is 0 Å². The molecule has 0 aromatic rings. The molecular weight excluding hydrogens is 176 g/mol. The van der Waals surface area contributed by atoms with Gasteiger partial charge in [-0.2, -0.15) is 0 Å². The summed E-state index contributed by atoms with van der Waals surface area (Å²) in [6.07, 6.45) is 10.8. The second-order valence-corrected chi connectivity index (χ2v) is 3.66. The molecule has 1 aliphatic rings. The standard InChI is InChI=1S/C12H20O2/c1-11(13-2)10-14-12-8-6-4-3-5-7-9-12/h6,8,12H,1,3-5,7,9-10H2,2H3/t12-/m1/s1. The zero-order chi connectivity index (χ0) is 10.2. The predicted octanol–water partition coefficient (Wildman–Crippen LogP) is 3.05. The zero-order valence-electron chi connectivity index (χ0n) is 9.00. The van der Waals surface area contributed by atoms with Gasteiger partial charge in [-0.05, 0) is 19.3 Å². The second-order valence-electron chi connectivity index (χ2n) is 3.66. The van der Waals surface area contributed by atoms with Crippen LogP contribution in [-0.4, -0.2) is 19.8 Å². The summed E-state index contributed by atoms with van der Waals surface area (Å²) >= 11 is 0. The van der Waals surface area contributed by atoms with E-state index in [4.69, 9.17) is 9.47 Å². The number of methoxy groups -OCH3 is 1. The third kappa shape index (κ3) is 4.47. The average molecular weight is 196 g/mol. The van der Waals surface area contributed by atoms with Gasteiger partial charge in [-0.3, -0.25) is 0 Å². The highest BCUT2D eigenvalue weighted by Crippen LogP contribution is 2.14. The van der Waals surface area contributed by atoms with Crippen LogP contribution in [-0.2, 0) is 9.47 Å².